The zero-order chi connectivity index (χ0) is 11.4. The number of aromatic nitrogens is 1. The number of aliphatic carboxylic acids is 1. The Morgan fingerprint density at radius 3 is 2.80 bits per heavy atom. The van der Waals surface area contributed by atoms with Crippen molar-refractivity contribution in [2.45, 2.75) is 26.3 Å². The number of anilines is 1. The van der Waals surface area contributed by atoms with Crippen LogP contribution in [0, 0.1) is 13.8 Å². The predicted molar refractivity (Wildman–Crippen MR) is 61.4 cm³/mol. The molecule has 1 unspecified atom stereocenters. The number of hydrogen-bond donors (Lipinski definition) is 2. The monoisotopic (exact) mass is 226 g/mol. The molecular formula is C10H14N2O2S. The fourth-order valence-corrected chi connectivity index (χ4v) is 1.94. The molecule has 0 radical (unpaired) electrons. The van der Waals surface area contributed by atoms with Crippen LogP contribution in [0.4, 0.5) is 5.13 Å². The van der Waals surface area contributed by atoms with Crippen LogP contribution in [0.5, 0.6) is 0 Å². The first-order valence-corrected chi connectivity index (χ1v) is 5.40. The van der Waals surface area contributed by atoms with Gasteiger partial charge >= 0.3 is 5.97 Å². The fraction of sp³-hybridized carbons (Fsp3) is 0.400. The van der Waals surface area contributed by atoms with Crippen molar-refractivity contribution in [2.24, 2.45) is 0 Å². The van der Waals surface area contributed by atoms with Crippen LogP contribution in [0.2, 0.25) is 0 Å². The first kappa shape index (κ1) is 11.7. The van der Waals surface area contributed by atoms with E-state index in [4.69, 9.17) is 5.11 Å². The lowest BCUT2D eigenvalue weighted by Gasteiger charge is -2.10. The Kier molecular flexibility index (Phi) is 3.85. The maximum atomic E-state index is 10.9. The van der Waals surface area contributed by atoms with Crippen molar-refractivity contribution in [3.8, 4) is 0 Å². The fourth-order valence-electron chi connectivity index (χ4n) is 1.07. The van der Waals surface area contributed by atoms with Gasteiger partial charge in [0.1, 0.15) is 6.04 Å². The quantitative estimate of drug-likeness (QED) is 0.755. The lowest BCUT2D eigenvalue weighted by Crippen LogP contribution is -2.28. The number of carbonyl (C=O) groups is 1. The third-order valence-corrected chi connectivity index (χ3v) is 3.03. The van der Waals surface area contributed by atoms with E-state index in [9.17, 15) is 4.79 Å². The van der Waals surface area contributed by atoms with Crippen molar-refractivity contribution in [1.82, 2.24) is 4.98 Å². The minimum atomic E-state index is -0.889. The van der Waals surface area contributed by atoms with E-state index in [2.05, 4.69) is 16.9 Å². The highest BCUT2D eigenvalue weighted by molar-refractivity contribution is 7.15. The molecule has 82 valence electrons. The van der Waals surface area contributed by atoms with Gasteiger partial charge in [-0.05, 0) is 20.3 Å². The van der Waals surface area contributed by atoms with Crippen LogP contribution in [0.1, 0.15) is 17.0 Å². The maximum Gasteiger partial charge on any atom is 0.326 e. The summed E-state index contributed by atoms with van der Waals surface area (Å²) in [5.74, 6) is -0.889. The highest BCUT2D eigenvalue weighted by atomic mass is 32.1. The molecule has 0 aliphatic carbocycles. The van der Waals surface area contributed by atoms with E-state index in [0.717, 1.165) is 10.6 Å². The van der Waals surface area contributed by atoms with Crippen molar-refractivity contribution < 1.29 is 9.90 Å². The van der Waals surface area contributed by atoms with Gasteiger partial charge in [0.15, 0.2) is 5.13 Å². The van der Waals surface area contributed by atoms with Crippen LogP contribution in [0.15, 0.2) is 12.7 Å². The van der Waals surface area contributed by atoms with Crippen LogP contribution in [-0.2, 0) is 4.79 Å². The number of hydrogen-bond acceptors (Lipinski definition) is 4. The molecular weight excluding hydrogens is 212 g/mol. The topological polar surface area (TPSA) is 62.2 Å². The molecule has 0 saturated heterocycles. The number of nitrogens with one attached hydrogen (secondary N) is 1. The average Bonchev–Trinajstić information content (AvgIpc) is 2.45. The Morgan fingerprint density at radius 2 is 2.40 bits per heavy atom. The van der Waals surface area contributed by atoms with E-state index < -0.39 is 12.0 Å². The Labute approximate surface area is 92.7 Å². The Morgan fingerprint density at radius 1 is 1.73 bits per heavy atom. The van der Waals surface area contributed by atoms with Crippen molar-refractivity contribution >= 4 is 22.4 Å². The number of rotatable bonds is 5. The van der Waals surface area contributed by atoms with Gasteiger partial charge in [0, 0.05) is 4.88 Å². The molecule has 1 aromatic rings. The largest absolute Gasteiger partial charge is 0.480 e. The third-order valence-electron chi connectivity index (χ3n) is 2.03. The van der Waals surface area contributed by atoms with Crippen LogP contribution in [0.25, 0.3) is 0 Å². The maximum absolute atomic E-state index is 10.9. The van der Waals surface area contributed by atoms with Crippen molar-refractivity contribution in [3.05, 3.63) is 23.2 Å². The summed E-state index contributed by atoms with van der Waals surface area (Å²) in [4.78, 5) is 16.2. The number of thiazole rings is 1. The normalized spacial score (nSPS) is 12.1. The second-order valence-electron chi connectivity index (χ2n) is 3.22. The third kappa shape index (κ3) is 3.06. The molecule has 0 saturated carbocycles. The Balaban J connectivity index is 2.73. The molecule has 0 aliphatic rings. The predicted octanol–water partition coefficient (Wildman–Crippen LogP) is 2.20. The lowest BCUT2D eigenvalue weighted by molar-refractivity contribution is -0.137. The highest BCUT2D eigenvalue weighted by Crippen LogP contribution is 2.22. The molecule has 0 aliphatic heterocycles. The summed E-state index contributed by atoms with van der Waals surface area (Å²) in [6.07, 6.45) is 1.96. The smallest absolute Gasteiger partial charge is 0.326 e. The van der Waals surface area contributed by atoms with E-state index in [1.807, 2.05) is 13.8 Å². The molecule has 2 N–H and O–H groups in total. The zero-order valence-corrected chi connectivity index (χ0v) is 9.60. The van der Waals surface area contributed by atoms with Crippen LogP contribution in [-0.4, -0.2) is 22.1 Å². The summed E-state index contributed by atoms with van der Waals surface area (Å²) in [6, 6.07) is -0.646. The molecule has 0 fully saturated rings. The minimum Gasteiger partial charge on any atom is -0.480 e. The van der Waals surface area contributed by atoms with E-state index in [1.54, 1.807) is 6.08 Å². The van der Waals surface area contributed by atoms with Crippen LogP contribution in [0.3, 0.4) is 0 Å². The summed E-state index contributed by atoms with van der Waals surface area (Å²) in [5.41, 5.74) is 0.935. The van der Waals surface area contributed by atoms with Gasteiger partial charge in [0.2, 0.25) is 0 Å². The van der Waals surface area contributed by atoms with E-state index >= 15 is 0 Å². The van der Waals surface area contributed by atoms with Gasteiger partial charge in [0.25, 0.3) is 0 Å². The second-order valence-corrected chi connectivity index (χ2v) is 4.42. The Bertz CT molecular complexity index is 354. The van der Waals surface area contributed by atoms with Crippen LogP contribution < -0.4 is 5.32 Å². The lowest BCUT2D eigenvalue weighted by atomic mass is 10.2. The number of aryl methyl sites for hydroxylation is 2. The van der Waals surface area contributed by atoms with Gasteiger partial charge in [-0.3, -0.25) is 0 Å². The summed E-state index contributed by atoms with van der Waals surface area (Å²) in [6.45, 7) is 7.39. The highest BCUT2D eigenvalue weighted by Gasteiger charge is 2.17. The summed E-state index contributed by atoms with van der Waals surface area (Å²) in [7, 11) is 0. The first-order chi connectivity index (χ1) is 7.04. The van der Waals surface area contributed by atoms with Crippen LogP contribution >= 0.6 is 11.3 Å². The minimum absolute atomic E-state index is 0.382. The number of carboxylic acid groups (broad SMARTS) is 1. The van der Waals surface area contributed by atoms with Crippen molar-refractivity contribution in [2.75, 3.05) is 5.32 Å². The molecule has 1 heterocycles. The van der Waals surface area contributed by atoms with Gasteiger partial charge < -0.3 is 10.4 Å². The van der Waals surface area contributed by atoms with Gasteiger partial charge in [-0.2, -0.15) is 0 Å². The van der Waals surface area contributed by atoms with E-state index in [1.165, 1.54) is 11.3 Å². The molecule has 0 spiro atoms. The number of nitrogens with zero attached hydrogens (tertiary/aromatic N) is 1. The van der Waals surface area contributed by atoms with E-state index in [0.29, 0.717) is 11.6 Å². The molecule has 1 aromatic heterocycles. The number of carboxylic acids is 1. The standard InChI is InChI=1S/C10H14N2O2S/c1-4-5-8(9(13)14)12-10-11-6(2)7(3)15-10/h4,8H,1,5H2,2-3H3,(H,11,12)(H,13,14). The molecule has 4 nitrogen and oxygen atoms in total. The molecule has 15 heavy (non-hydrogen) atoms. The van der Waals surface area contributed by atoms with E-state index in [-0.39, 0.29) is 0 Å². The SMILES string of the molecule is C=CCC(Nc1nc(C)c(C)s1)C(=O)O. The van der Waals surface area contributed by atoms with Gasteiger partial charge in [-0.25, -0.2) is 9.78 Å². The summed E-state index contributed by atoms with van der Waals surface area (Å²) >= 11 is 1.47. The van der Waals surface area contributed by atoms with Gasteiger partial charge in [-0.1, -0.05) is 6.08 Å². The molecule has 0 bridgehead atoms. The van der Waals surface area contributed by atoms with Gasteiger partial charge in [0.05, 0.1) is 5.69 Å². The molecule has 5 heteroatoms. The van der Waals surface area contributed by atoms with Crippen molar-refractivity contribution in [1.29, 1.82) is 0 Å². The van der Waals surface area contributed by atoms with Crippen molar-refractivity contribution in [3.63, 3.8) is 0 Å². The summed E-state index contributed by atoms with van der Waals surface area (Å²) < 4.78 is 0. The molecule has 1 rings (SSSR count). The average molecular weight is 226 g/mol. The zero-order valence-electron chi connectivity index (χ0n) is 8.78. The summed E-state index contributed by atoms with van der Waals surface area (Å²) in [5, 5.41) is 12.4. The molecule has 0 aromatic carbocycles. The van der Waals surface area contributed by atoms with Gasteiger partial charge in [-0.15, -0.1) is 17.9 Å². The first-order valence-electron chi connectivity index (χ1n) is 4.59. The molecule has 1 atom stereocenters. The second kappa shape index (κ2) is 4.93. The molecule has 0 amide bonds. The Hall–Kier alpha value is -1.36.